The van der Waals surface area contributed by atoms with Gasteiger partial charge >= 0.3 is 0 Å². The quantitative estimate of drug-likeness (QED) is 0.377. The third kappa shape index (κ3) is 3.99. The molecule has 1 fully saturated rings. The van der Waals surface area contributed by atoms with Crippen LogP contribution >= 0.6 is 0 Å². The van der Waals surface area contributed by atoms with Crippen LogP contribution in [0.25, 0.3) is 5.76 Å². The summed E-state index contributed by atoms with van der Waals surface area (Å²) < 4.78 is 0. The molecular formula is C26H25N3O3. The van der Waals surface area contributed by atoms with Crippen LogP contribution in [-0.2, 0) is 16.1 Å². The van der Waals surface area contributed by atoms with Gasteiger partial charge in [-0.25, -0.2) is 0 Å². The molecule has 0 radical (unpaired) electrons. The lowest BCUT2D eigenvalue weighted by atomic mass is 9.94. The van der Waals surface area contributed by atoms with Gasteiger partial charge in [-0.3, -0.25) is 14.6 Å². The highest BCUT2D eigenvalue weighted by molar-refractivity contribution is 6.46. The summed E-state index contributed by atoms with van der Waals surface area (Å²) in [7, 11) is 3.89. The maximum Gasteiger partial charge on any atom is 0.295 e. The van der Waals surface area contributed by atoms with Crippen LogP contribution in [0.5, 0.6) is 0 Å². The van der Waals surface area contributed by atoms with E-state index in [9.17, 15) is 14.7 Å². The summed E-state index contributed by atoms with van der Waals surface area (Å²) in [6.45, 7) is 2.16. The number of benzene rings is 2. The van der Waals surface area contributed by atoms with E-state index < -0.39 is 17.7 Å². The molecule has 1 aliphatic rings. The molecule has 2 aromatic carbocycles. The minimum absolute atomic E-state index is 0.0975. The van der Waals surface area contributed by atoms with E-state index in [0.29, 0.717) is 5.56 Å². The van der Waals surface area contributed by atoms with Crippen LogP contribution in [0.4, 0.5) is 5.69 Å². The van der Waals surface area contributed by atoms with Crippen molar-refractivity contribution in [3.63, 3.8) is 0 Å². The van der Waals surface area contributed by atoms with Crippen molar-refractivity contribution < 1.29 is 14.7 Å². The maximum atomic E-state index is 13.1. The summed E-state index contributed by atoms with van der Waals surface area (Å²) in [5, 5.41) is 11.1. The second-order valence-electron chi connectivity index (χ2n) is 8.14. The predicted octanol–water partition coefficient (Wildman–Crippen LogP) is 4.08. The van der Waals surface area contributed by atoms with E-state index in [2.05, 4.69) is 4.98 Å². The zero-order valence-corrected chi connectivity index (χ0v) is 18.3. The van der Waals surface area contributed by atoms with Gasteiger partial charge < -0.3 is 14.9 Å². The Morgan fingerprint density at radius 2 is 1.72 bits per heavy atom. The molecule has 1 atom stereocenters. The number of aliphatic hydroxyl groups is 1. The second kappa shape index (κ2) is 8.67. The molecule has 32 heavy (non-hydrogen) atoms. The first-order chi connectivity index (χ1) is 15.4. The van der Waals surface area contributed by atoms with Crippen molar-refractivity contribution in [2.75, 3.05) is 19.0 Å². The molecule has 162 valence electrons. The van der Waals surface area contributed by atoms with Crippen LogP contribution in [0.3, 0.4) is 0 Å². The van der Waals surface area contributed by atoms with E-state index in [1.54, 1.807) is 30.6 Å². The SMILES string of the molecule is Cc1ccc(C(O)=C2C(=O)C(=O)N(Cc3cccnc3)[C@H]2c2ccc(N(C)C)cc2)cc1. The number of ketones is 1. The Morgan fingerprint density at radius 1 is 1.03 bits per heavy atom. The topological polar surface area (TPSA) is 73.7 Å². The highest BCUT2D eigenvalue weighted by Gasteiger charge is 2.46. The lowest BCUT2D eigenvalue weighted by Gasteiger charge is -2.26. The Morgan fingerprint density at radius 3 is 2.31 bits per heavy atom. The highest BCUT2D eigenvalue weighted by atomic mass is 16.3. The lowest BCUT2D eigenvalue weighted by Crippen LogP contribution is -2.29. The third-order valence-corrected chi connectivity index (χ3v) is 5.67. The lowest BCUT2D eigenvalue weighted by molar-refractivity contribution is -0.140. The number of nitrogens with zero attached hydrogens (tertiary/aromatic N) is 3. The molecule has 0 unspecified atom stereocenters. The minimum Gasteiger partial charge on any atom is -0.507 e. The number of hydrogen-bond donors (Lipinski definition) is 1. The third-order valence-electron chi connectivity index (χ3n) is 5.67. The Balaban J connectivity index is 1.84. The summed E-state index contributed by atoms with van der Waals surface area (Å²) in [5.74, 6) is -1.49. The molecule has 6 heteroatoms. The maximum absolute atomic E-state index is 13.1. The Bertz CT molecular complexity index is 1170. The molecule has 0 bridgehead atoms. The van der Waals surface area contributed by atoms with Gasteiger partial charge in [-0.1, -0.05) is 48.0 Å². The molecular weight excluding hydrogens is 402 g/mol. The summed E-state index contributed by atoms with van der Waals surface area (Å²) in [5.41, 5.74) is 4.20. The smallest absolute Gasteiger partial charge is 0.295 e. The van der Waals surface area contributed by atoms with Gasteiger partial charge in [0.25, 0.3) is 11.7 Å². The van der Waals surface area contributed by atoms with Gasteiger partial charge in [0.1, 0.15) is 5.76 Å². The molecule has 1 aliphatic heterocycles. The van der Waals surface area contributed by atoms with Crippen molar-refractivity contribution in [2.45, 2.75) is 19.5 Å². The normalized spacial score (nSPS) is 17.6. The summed E-state index contributed by atoms with van der Waals surface area (Å²) in [6, 6.07) is 17.8. The fraction of sp³-hybridized carbons (Fsp3) is 0.192. The standard InChI is InChI=1S/C26H25N3O3/c1-17-6-8-20(9-7-17)24(30)22-23(19-10-12-21(13-11-19)28(2)3)29(26(32)25(22)31)16-18-5-4-14-27-15-18/h4-15,23,30H,16H2,1-3H3/t23-/m0/s1. The van der Waals surface area contributed by atoms with Crippen LogP contribution in [0.15, 0.2) is 78.6 Å². The van der Waals surface area contributed by atoms with Crippen LogP contribution in [-0.4, -0.2) is 40.8 Å². The highest BCUT2D eigenvalue weighted by Crippen LogP contribution is 2.40. The first-order valence-electron chi connectivity index (χ1n) is 10.4. The molecule has 3 aromatic rings. The van der Waals surface area contributed by atoms with Gasteiger partial charge in [0.2, 0.25) is 0 Å². The molecule has 1 aromatic heterocycles. The predicted molar refractivity (Wildman–Crippen MR) is 124 cm³/mol. The van der Waals surface area contributed by atoms with Gasteiger partial charge in [-0.05, 0) is 36.2 Å². The van der Waals surface area contributed by atoms with Crippen LogP contribution in [0.1, 0.15) is 28.3 Å². The van der Waals surface area contributed by atoms with E-state index >= 15 is 0 Å². The van der Waals surface area contributed by atoms with Gasteiger partial charge in [0, 0.05) is 44.3 Å². The van der Waals surface area contributed by atoms with Crippen LogP contribution < -0.4 is 4.90 Å². The van der Waals surface area contributed by atoms with Crippen molar-refractivity contribution >= 4 is 23.1 Å². The molecule has 0 aliphatic carbocycles. The molecule has 1 saturated heterocycles. The fourth-order valence-corrected chi connectivity index (χ4v) is 3.90. The number of aromatic nitrogens is 1. The van der Waals surface area contributed by atoms with Crippen molar-refractivity contribution in [3.8, 4) is 0 Å². The number of Topliss-reactive ketones (excluding diaryl/α,β-unsaturated/α-hetero) is 1. The number of carbonyl (C=O) groups is 2. The fourth-order valence-electron chi connectivity index (χ4n) is 3.90. The number of aryl methyl sites for hydroxylation is 1. The Hall–Kier alpha value is -3.93. The molecule has 2 heterocycles. The Labute approximate surface area is 187 Å². The number of carbonyl (C=O) groups excluding carboxylic acids is 2. The van der Waals surface area contributed by atoms with Crippen LogP contribution in [0, 0.1) is 6.92 Å². The number of pyridine rings is 1. The monoisotopic (exact) mass is 427 g/mol. The minimum atomic E-state index is -0.701. The van der Waals surface area contributed by atoms with Crippen molar-refractivity contribution in [1.29, 1.82) is 0 Å². The van der Waals surface area contributed by atoms with E-state index in [0.717, 1.165) is 22.4 Å². The first kappa shape index (κ1) is 21.3. The number of amides is 1. The molecule has 0 spiro atoms. The van der Waals surface area contributed by atoms with E-state index in [-0.39, 0.29) is 17.9 Å². The van der Waals surface area contributed by atoms with E-state index in [1.807, 2.05) is 68.4 Å². The molecule has 6 nitrogen and oxygen atoms in total. The van der Waals surface area contributed by atoms with Gasteiger partial charge in [0.15, 0.2) is 0 Å². The molecule has 1 amide bonds. The average Bonchev–Trinajstić information content (AvgIpc) is 3.05. The number of hydrogen-bond acceptors (Lipinski definition) is 5. The molecule has 0 saturated carbocycles. The van der Waals surface area contributed by atoms with Gasteiger partial charge in [0.05, 0.1) is 11.6 Å². The number of anilines is 1. The zero-order valence-electron chi connectivity index (χ0n) is 18.3. The number of likely N-dealkylation sites (tertiary alicyclic amines) is 1. The van der Waals surface area contributed by atoms with Gasteiger partial charge in [-0.2, -0.15) is 0 Å². The first-order valence-corrected chi connectivity index (χ1v) is 10.4. The summed E-state index contributed by atoms with van der Waals surface area (Å²) in [6.07, 6.45) is 3.33. The van der Waals surface area contributed by atoms with Gasteiger partial charge in [-0.15, -0.1) is 0 Å². The van der Waals surface area contributed by atoms with Crippen molar-refractivity contribution in [1.82, 2.24) is 9.88 Å². The van der Waals surface area contributed by atoms with Crippen LogP contribution in [0.2, 0.25) is 0 Å². The second-order valence-corrected chi connectivity index (χ2v) is 8.14. The number of rotatable bonds is 5. The van der Waals surface area contributed by atoms with E-state index in [4.69, 9.17) is 0 Å². The Kier molecular flexibility index (Phi) is 5.77. The average molecular weight is 428 g/mol. The summed E-state index contributed by atoms with van der Waals surface area (Å²) >= 11 is 0. The van der Waals surface area contributed by atoms with E-state index in [1.165, 1.54) is 4.90 Å². The molecule has 1 N–H and O–H groups in total. The van der Waals surface area contributed by atoms with Crippen molar-refractivity contribution in [2.24, 2.45) is 0 Å². The van der Waals surface area contributed by atoms with Crippen molar-refractivity contribution in [3.05, 3.63) is 101 Å². The summed E-state index contributed by atoms with van der Waals surface area (Å²) in [4.78, 5) is 33.8. The number of aliphatic hydroxyl groups excluding tert-OH is 1. The molecule has 4 rings (SSSR count). The largest absolute Gasteiger partial charge is 0.507 e. The zero-order chi connectivity index (χ0) is 22.8.